The highest BCUT2D eigenvalue weighted by Crippen LogP contribution is 2.39. The molecule has 0 amide bonds. The van der Waals surface area contributed by atoms with Gasteiger partial charge < -0.3 is 15.3 Å². The Morgan fingerprint density at radius 1 is 1.22 bits per heavy atom. The molecule has 1 aliphatic rings. The van der Waals surface area contributed by atoms with Gasteiger partial charge in [-0.15, -0.1) is 0 Å². The Morgan fingerprint density at radius 2 is 1.88 bits per heavy atom. The van der Waals surface area contributed by atoms with E-state index in [0.717, 1.165) is 11.6 Å². The number of hydrogen-bond donors (Lipinski definition) is 2. The van der Waals surface area contributed by atoms with Crippen molar-refractivity contribution in [2.24, 2.45) is 0 Å². The molecule has 3 rings (SSSR count). The standard InChI is InChI=1S/C22H23F3N4O3/c23-22(24,25)19-13-18(29(31)32)5-6-20(19)28-11-8-17(9-12-28)27-10-7-21(30)16-3-1-15(14-26)2-4-16/h1-6,13,17,21,27,30H,7-12H2. The van der Waals surface area contributed by atoms with Crippen molar-refractivity contribution in [3.63, 3.8) is 0 Å². The summed E-state index contributed by atoms with van der Waals surface area (Å²) in [5.74, 6) is 0. The second kappa shape index (κ2) is 9.97. The van der Waals surface area contributed by atoms with Crippen LogP contribution in [-0.2, 0) is 6.18 Å². The van der Waals surface area contributed by atoms with Crippen molar-refractivity contribution in [2.75, 3.05) is 24.5 Å². The molecule has 2 aromatic carbocycles. The van der Waals surface area contributed by atoms with Crippen LogP contribution in [0.3, 0.4) is 0 Å². The van der Waals surface area contributed by atoms with Crippen LogP contribution < -0.4 is 10.2 Å². The first-order chi connectivity index (χ1) is 15.2. The lowest BCUT2D eigenvalue weighted by Gasteiger charge is -2.35. The maximum Gasteiger partial charge on any atom is 0.418 e. The van der Waals surface area contributed by atoms with Gasteiger partial charge in [0.1, 0.15) is 0 Å². The van der Waals surface area contributed by atoms with Gasteiger partial charge in [0.05, 0.1) is 28.2 Å². The first-order valence-electron chi connectivity index (χ1n) is 10.2. The molecule has 10 heteroatoms. The monoisotopic (exact) mass is 448 g/mol. The molecule has 32 heavy (non-hydrogen) atoms. The van der Waals surface area contributed by atoms with Crippen LogP contribution in [0.2, 0.25) is 0 Å². The average molecular weight is 448 g/mol. The fourth-order valence-electron chi connectivity index (χ4n) is 3.84. The van der Waals surface area contributed by atoms with Crippen LogP contribution in [0.4, 0.5) is 24.5 Å². The number of rotatable bonds is 7. The second-order valence-corrected chi connectivity index (χ2v) is 7.71. The Hall–Kier alpha value is -3.16. The van der Waals surface area contributed by atoms with Crippen LogP contribution in [0.15, 0.2) is 42.5 Å². The predicted octanol–water partition coefficient (Wildman–Crippen LogP) is 4.17. The van der Waals surface area contributed by atoms with Gasteiger partial charge in [0.25, 0.3) is 5.69 Å². The van der Waals surface area contributed by atoms with E-state index in [0.29, 0.717) is 50.5 Å². The fraction of sp³-hybridized carbons (Fsp3) is 0.409. The van der Waals surface area contributed by atoms with E-state index in [4.69, 9.17) is 5.26 Å². The summed E-state index contributed by atoms with van der Waals surface area (Å²) < 4.78 is 40.3. The van der Waals surface area contributed by atoms with Gasteiger partial charge in [-0.05, 0) is 49.6 Å². The Bertz CT molecular complexity index is 981. The molecule has 0 bridgehead atoms. The largest absolute Gasteiger partial charge is 0.418 e. The SMILES string of the molecule is N#Cc1ccc(C(O)CCNC2CCN(c3ccc([N+](=O)[O-])cc3C(F)(F)F)CC2)cc1. The average Bonchev–Trinajstić information content (AvgIpc) is 2.78. The van der Waals surface area contributed by atoms with Crippen LogP contribution in [0, 0.1) is 21.4 Å². The number of anilines is 1. The molecule has 0 aromatic heterocycles. The van der Waals surface area contributed by atoms with Gasteiger partial charge >= 0.3 is 6.18 Å². The third-order valence-corrected chi connectivity index (χ3v) is 5.61. The van der Waals surface area contributed by atoms with Crippen molar-refractivity contribution in [3.05, 3.63) is 69.3 Å². The van der Waals surface area contributed by atoms with E-state index < -0.39 is 28.5 Å². The molecule has 1 heterocycles. The summed E-state index contributed by atoms with van der Waals surface area (Å²) in [6, 6.07) is 11.7. The van der Waals surface area contributed by atoms with Crippen molar-refractivity contribution in [1.29, 1.82) is 5.26 Å². The van der Waals surface area contributed by atoms with Crippen LogP contribution in [0.25, 0.3) is 0 Å². The number of alkyl halides is 3. The molecule has 0 saturated carbocycles. The van der Waals surface area contributed by atoms with Gasteiger partial charge in [0.2, 0.25) is 0 Å². The molecule has 0 aliphatic carbocycles. The third-order valence-electron chi connectivity index (χ3n) is 5.61. The van der Waals surface area contributed by atoms with E-state index >= 15 is 0 Å². The molecule has 1 fully saturated rings. The Kier molecular flexibility index (Phi) is 7.33. The zero-order chi connectivity index (χ0) is 23.3. The molecular weight excluding hydrogens is 425 g/mol. The molecule has 2 aromatic rings. The summed E-state index contributed by atoms with van der Waals surface area (Å²) in [6.45, 7) is 1.31. The maximum atomic E-state index is 13.4. The van der Waals surface area contributed by atoms with E-state index in [1.54, 1.807) is 29.2 Å². The zero-order valence-corrected chi connectivity index (χ0v) is 17.2. The summed E-state index contributed by atoms with van der Waals surface area (Å²) in [4.78, 5) is 11.6. The normalized spacial score (nSPS) is 15.9. The van der Waals surface area contributed by atoms with Crippen LogP contribution in [-0.4, -0.2) is 35.7 Å². The Balaban J connectivity index is 1.53. The number of halogens is 3. The number of piperidine rings is 1. The van der Waals surface area contributed by atoms with Gasteiger partial charge in [0.15, 0.2) is 0 Å². The van der Waals surface area contributed by atoms with Gasteiger partial charge in [-0.3, -0.25) is 10.1 Å². The molecule has 170 valence electrons. The number of aliphatic hydroxyl groups excluding tert-OH is 1. The molecule has 1 saturated heterocycles. The van der Waals surface area contributed by atoms with E-state index in [1.807, 2.05) is 6.07 Å². The summed E-state index contributed by atoms with van der Waals surface area (Å²) in [5, 5.41) is 33.3. The second-order valence-electron chi connectivity index (χ2n) is 7.71. The van der Waals surface area contributed by atoms with Crippen LogP contribution in [0.5, 0.6) is 0 Å². The van der Waals surface area contributed by atoms with Crippen molar-refractivity contribution in [3.8, 4) is 6.07 Å². The molecule has 1 unspecified atom stereocenters. The Morgan fingerprint density at radius 3 is 2.44 bits per heavy atom. The van der Waals surface area contributed by atoms with Gasteiger partial charge in [-0.25, -0.2) is 0 Å². The first-order valence-corrected chi connectivity index (χ1v) is 10.2. The zero-order valence-electron chi connectivity index (χ0n) is 17.2. The highest BCUT2D eigenvalue weighted by Gasteiger charge is 2.37. The summed E-state index contributed by atoms with van der Waals surface area (Å²) in [6.07, 6.45) is -3.67. The number of nitro benzene ring substituents is 1. The number of nitro groups is 1. The number of hydrogen-bond acceptors (Lipinski definition) is 6. The van der Waals surface area contributed by atoms with E-state index in [1.165, 1.54) is 6.07 Å². The van der Waals surface area contributed by atoms with Crippen molar-refractivity contribution in [2.45, 2.75) is 37.6 Å². The van der Waals surface area contributed by atoms with Crippen molar-refractivity contribution >= 4 is 11.4 Å². The molecule has 1 atom stereocenters. The quantitative estimate of drug-likeness (QED) is 0.487. The predicted molar refractivity (Wildman–Crippen MR) is 112 cm³/mol. The summed E-state index contributed by atoms with van der Waals surface area (Å²) in [5.41, 5.74) is -0.383. The molecular formula is C22H23F3N4O3. The number of nitriles is 1. The van der Waals surface area contributed by atoms with Crippen LogP contribution in [0.1, 0.15) is 42.1 Å². The lowest BCUT2D eigenvalue weighted by molar-refractivity contribution is -0.385. The van der Waals surface area contributed by atoms with E-state index in [-0.39, 0.29) is 11.7 Å². The summed E-state index contributed by atoms with van der Waals surface area (Å²) in [7, 11) is 0. The molecule has 0 spiro atoms. The molecule has 1 aliphatic heterocycles. The van der Waals surface area contributed by atoms with Gasteiger partial charge in [-0.1, -0.05) is 12.1 Å². The topological polar surface area (TPSA) is 102 Å². The molecule has 2 N–H and O–H groups in total. The lowest BCUT2D eigenvalue weighted by atomic mass is 10.0. The lowest BCUT2D eigenvalue weighted by Crippen LogP contribution is -2.43. The fourth-order valence-corrected chi connectivity index (χ4v) is 3.84. The number of nitrogens with one attached hydrogen (secondary N) is 1. The van der Waals surface area contributed by atoms with E-state index in [2.05, 4.69) is 5.32 Å². The Labute approximate surface area is 183 Å². The molecule has 7 nitrogen and oxygen atoms in total. The van der Waals surface area contributed by atoms with Crippen molar-refractivity contribution < 1.29 is 23.2 Å². The first kappa shape index (κ1) is 23.5. The minimum absolute atomic E-state index is 0.0437. The number of nitrogens with zero attached hydrogens (tertiary/aromatic N) is 3. The molecule has 0 radical (unpaired) electrons. The van der Waals surface area contributed by atoms with Crippen molar-refractivity contribution in [1.82, 2.24) is 5.32 Å². The number of benzene rings is 2. The highest BCUT2D eigenvalue weighted by molar-refractivity contribution is 5.59. The minimum Gasteiger partial charge on any atom is -0.388 e. The van der Waals surface area contributed by atoms with Gasteiger partial charge in [-0.2, -0.15) is 18.4 Å². The highest BCUT2D eigenvalue weighted by atomic mass is 19.4. The minimum atomic E-state index is -4.68. The smallest absolute Gasteiger partial charge is 0.388 e. The number of non-ortho nitro benzene ring substituents is 1. The third kappa shape index (κ3) is 5.75. The van der Waals surface area contributed by atoms with Gasteiger partial charge in [0, 0.05) is 37.0 Å². The van der Waals surface area contributed by atoms with E-state index in [9.17, 15) is 28.4 Å². The summed E-state index contributed by atoms with van der Waals surface area (Å²) >= 11 is 0. The van der Waals surface area contributed by atoms with Crippen LogP contribution >= 0.6 is 0 Å². The maximum absolute atomic E-state index is 13.4. The number of aliphatic hydroxyl groups is 1.